The van der Waals surface area contributed by atoms with Gasteiger partial charge in [0.2, 0.25) is 0 Å². The van der Waals surface area contributed by atoms with E-state index in [1.165, 1.54) is 18.6 Å². The molecule has 0 radical (unpaired) electrons. The standard InChI is InChI=1S/C16H22ClNO2.C14H17ClO2/c1-16(2,3)13-9-12(13)11-7-6-10(8-14(11)17)15(19)18(4)20-5;1-14(2,3)11-7-10(11)9-5-4-8(13(16)17)6-12(9)15/h6-8,12-13H,9H2,1-5H3;4-6,10-11H,7H2,1-3H3,(H,16,17)/t12-,13+;10-,11+/m00/s1. The summed E-state index contributed by atoms with van der Waals surface area (Å²) in [4.78, 5) is 27.7. The third-order valence-corrected chi connectivity index (χ3v) is 8.31. The van der Waals surface area contributed by atoms with Crippen LogP contribution in [0.3, 0.4) is 0 Å². The highest BCUT2D eigenvalue weighted by molar-refractivity contribution is 6.32. The Bertz CT molecular complexity index is 1170. The van der Waals surface area contributed by atoms with Crippen molar-refractivity contribution in [1.29, 1.82) is 0 Å². The Kier molecular flexibility index (Phi) is 8.73. The summed E-state index contributed by atoms with van der Waals surface area (Å²) >= 11 is 12.5. The van der Waals surface area contributed by atoms with E-state index in [4.69, 9.17) is 33.1 Å². The minimum Gasteiger partial charge on any atom is -0.478 e. The summed E-state index contributed by atoms with van der Waals surface area (Å²) in [6.07, 6.45) is 2.32. The molecule has 0 heterocycles. The van der Waals surface area contributed by atoms with Crippen molar-refractivity contribution in [2.75, 3.05) is 14.2 Å². The van der Waals surface area contributed by atoms with E-state index in [1.807, 2.05) is 18.2 Å². The molecular formula is C30H39Cl2NO4. The Labute approximate surface area is 231 Å². The minimum absolute atomic E-state index is 0.191. The minimum atomic E-state index is -0.929. The molecule has 2 aromatic carbocycles. The third-order valence-electron chi connectivity index (χ3n) is 7.66. The van der Waals surface area contributed by atoms with Crippen LogP contribution < -0.4 is 0 Å². The number of carbonyl (C=O) groups is 2. The number of rotatable bonds is 5. The van der Waals surface area contributed by atoms with E-state index in [2.05, 4.69) is 41.5 Å². The molecule has 1 amide bonds. The maximum atomic E-state index is 12.0. The molecule has 0 aromatic heterocycles. The topological polar surface area (TPSA) is 66.8 Å². The quantitative estimate of drug-likeness (QED) is 0.382. The van der Waals surface area contributed by atoms with Gasteiger partial charge in [0.05, 0.1) is 12.7 Å². The van der Waals surface area contributed by atoms with Crippen molar-refractivity contribution in [1.82, 2.24) is 5.06 Å². The predicted molar refractivity (Wildman–Crippen MR) is 150 cm³/mol. The van der Waals surface area contributed by atoms with Crippen molar-refractivity contribution < 1.29 is 19.5 Å². The van der Waals surface area contributed by atoms with Crippen molar-refractivity contribution in [2.45, 2.75) is 66.2 Å². The Hall–Kier alpha value is -2.08. The number of carbonyl (C=O) groups excluding carboxylic acids is 1. The van der Waals surface area contributed by atoms with Gasteiger partial charge in [-0.1, -0.05) is 76.9 Å². The maximum Gasteiger partial charge on any atom is 0.335 e. The van der Waals surface area contributed by atoms with Crippen molar-refractivity contribution >= 4 is 35.1 Å². The van der Waals surface area contributed by atoms with Gasteiger partial charge < -0.3 is 5.11 Å². The first-order valence-electron chi connectivity index (χ1n) is 12.7. The van der Waals surface area contributed by atoms with Crippen molar-refractivity contribution in [2.24, 2.45) is 22.7 Å². The smallest absolute Gasteiger partial charge is 0.335 e. The van der Waals surface area contributed by atoms with Gasteiger partial charge in [-0.15, -0.1) is 0 Å². The van der Waals surface area contributed by atoms with Crippen molar-refractivity contribution in [3.05, 3.63) is 68.7 Å². The fourth-order valence-electron chi connectivity index (χ4n) is 5.18. The molecule has 37 heavy (non-hydrogen) atoms. The molecule has 0 bridgehead atoms. The van der Waals surface area contributed by atoms with Crippen molar-refractivity contribution in [3.8, 4) is 0 Å². The van der Waals surface area contributed by atoms with Crippen LogP contribution in [-0.2, 0) is 4.84 Å². The number of carboxylic acids is 1. The lowest BCUT2D eigenvalue weighted by Crippen LogP contribution is -2.25. The van der Waals surface area contributed by atoms with Gasteiger partial charge in [-0.25, -0.2) is 9.86 Å². The summed E-state index contributed by atoms with van der Waals surface area (Å²) in [6, 6.07) is 10.6. The zero-order valence-electron chi connectivity index (χ0n) is 23.1. The Morgan fingerprint density at radius 2 is 1.24 bits per heavy atom. The molecule has 0 aliphatic heterocycles. The van der Waals surface area contributed by atoms with Crippen LogP contribution in [-0.4, -0.2) is 36.2 Å². The molecule has 0 saturated heterocycles. The molecule has 202 valence electrons. The Balaban J connectivity index is 0.000000208. The zero-order chi connectivity index (χ0) is 27.9. The second-order valence-electron chi connectivity index (χ2n) is 12.4. The van der Waals surface area contributed by atoms with Crippen LogP contribution in [0.15, 0.2) is 36.4 Å². The van der Waals surface area contributed by atoms with E-state index in [9.17, 15) is 9.59 Å². The van der Waals surface area contributed by atoms with E-state index in [1.54, 1.807) is 25.2 Å². The Morgan fingerprint density at radius 3 is 1.57 bits per heavy atom. The number of hydroxylamine groups is 2. The van der Waals surface area contributed by atoms with E-state index < -0.39 is 5.97 Å². The number of benzene rings is 2. The number of nitrogens with zero attached hydrogens (tertiary/aromatic N) is 1. The van der Waals surface area contributed by atoms with Crippen molar-refractivity contribution in [3.63, 3.8) is 0 Å². The molecule has 5 nitrogen and oxygen atoms in total. The summed E-state index contributed by atoms with van der Waals surface area (Å²) in [5.41, 5.74) is 3.65. The maximum absolute atomic E-state index is 12.0. The number of halogens is 2. The molecule has 4 atom stereocenters. The zero-order valence-corrected chi connectivity index (χ0v) is 24.6. The van der Waals surface area contributed by atoms with Gasteiger partial charge in [0, 0.05) is 22.7 Å². The SMILES string of the molecule is CC(C)(C)[C@@H]1C[C@H]1c1ccc(C(=O)O)cc1Cl.CON(C)C(=O)c1ccc([C@@H]2C[C@H]2C(C)(C)C)c(Cl)c1. The molecule has 0 spiro atoms. The average molecular weight is 549 g/mol. The summed E-state index contributed by atoms with van der Waals surface area (Å²) in [6.45, 7) is 13.5. The first-order chi connectivity index (χ1) is 17.1. The average Bonchev–Trinajstić information content (AvgIpc) is 3.70. The number of hydrogen-bond donors (Lipinski definition) is 1. The van der Waals surface area contributed by atoms with E-state index in [0.29, 0.717) is 50.1 Å². The normalized spacial score (nSPS) is 22.5. The monoisotopic (exact) mass is 547 g/mol. The lowest BCUT2D eigenvalue weighted by atomic mass is 9.87. The van der Waals surface area contributed by atoms with Crippen LogP contribution in [0.25, 0.3) is 0 Å². The molecule has 2 aliphatic rings. The molecule has 2 aromatic rings. The fourth-order valence-corrected chi connectivity index (χ4v) is 5.82. The summed E-state index contributed by atoms with van der Waals surface area (Å²) in [5, 5.41) is 11.3. The molecule has 4 rings (SSSR count). The lowest BCUT2D eigenvalue weighted by molar-refractivity contribution is -0.0756. The lowest BCUT2D eigenvalue weighted by Gasteiger charge is -2.19. The van der Waals surface area contributed by atoms with Gasteiger partial charge in [-0.3, -0.25) is 9.63 Å². The van der Waals surface area contributed by atoms with Crippen LogP contribution in [0.1, 0.15) is 98.1 Å². The van der Waals surface area contributed by atoms with Crippen LogP contribution >= 0.6 is 23.2 Å². The highest BCUT2D eigenvalue weighted by Gasteiger charge is 2.47. The van der Waals surface area contributed by atoms with E-state index in [-0.39, 0.29) is 11.5 Å². The van der Waals surface area contributed by atoms with Crippen LogP contribution in [0.2, 0.25) is 10.0 Å². The number of amides is 1. The summed E-state index contributed by atoms with van der Waals surface area (Å²) < 4.78 is 0. The molecule has 2 saturated carbocycles. The van der Waals surface area contributed by atoms with Gasteiger partial charge in [0.1, 0.15) is 0 Å². The largest absolute Gasteiger partial charge is 0.478 e. The van der Waals surface area contributed by atoms with Gasteiger partial charge in [-0.05, 0) is 82.7 Å². The van der Waals surface area contributed by atoms with Gasteiger partial charge >= 0.3 is 5.97 Å². The van der Waals surface area contributed by atoms with Gasteiger partial charge in [0.25, 0.3) is 5.91 Å². The summed E-state index contributed by atoms with van der Waals surface area (Å²) in [5.74, 6) is 1.21. The molecule has 2 fully saturated rings. The summed E-state index contributed by atoms with van der Waals surface area (Å²) in [7, 11) is 3.05. The third kappa shape index (κ3) is 7.07. The number of carboxylic acid groups (broad SMARTS) is 1. The van der Waals surface area contributed by atoms with Gasteiger partial charge in [-0.2, -0.15) is 0 Å². The van der Waals surface area contributed by atoms with E-state index in [0.717, 1.165) is 17.5 Å². The molecule has 0 unspecified atom stereocenters. The first-order valence-corrected chi connectivity index (χ1v) is 13.5. The first kappa shape index (κ1) is 29.5. The van der Waals surface area contributed by atoms with Crippen LogP contribution in [0, 0.1) is 22.7 Å². The van der Waals surface area contributed by atoms with Crippen LogP contribution in [0.4, 0.5) is 0 Å². The Morgan fingerprint density at radius 1 is 0.838 bits per heavy atom. The second-order valence-corrected chi connectivity index (χ2v) is 13.2. The number of aromatic carboxylic acids is 1. The fraction of sp³-hybridized carbons (Fsp3) is 0.533. The highest BCUT2D eigenvalue weighted by Crippen LogP contribution is 2.58. The van der Waals surface area contributed by atoms with Crippen LogP contribution in [0.5, 0.6) is 0 Å². The molecule has 7 heteroatoms. The predicted octanol–water partition coefficient (Wildman–Crippen LogP) is 8.31. The number of hydrogen-bond acceptors (Lipinski definition) is 3. The molecule has 1 N–H and O–H groups in total. The van der Waals surface area contributed by atoms with Gasteiger partial charge in [0.15, 0.2) is 0 Å². The second kappa shape index (κ2) is 11.0. The highest BCUT2D eigenvalue weighted by atomic mass is 35.5. The van der Waals surface area contributed by atoms with E-state index >= 15 is 0 Å². The molecule has 2 aliphatic carbocycles. The molecular weight excluding hydrogens is 509 g/mol.